The van der Waals surface area contributed by atoms with Crippen LogP contribution in [0.1, 0.15) is 17.2 Å². The molecule has 0 aliphatic heterocycles. The molecule has 0 bridgehead atoms. The summed E-state index contributed by atoms with van der Waals surface area (Å²) in [6.07, 6.45) is 3.37. The van der Waals surface area contributed by atoms with E-state index in [1.165, 1.54) is 0 Å². The van der Waals surface area contributed by atoms with Gasteiger partial charge in [0.05, 0.1) is 6.04 Å². The highest BCUT2D eigenvalue weighted by molar-refractivity contribution is 9.10. The largest absolute Gasteiger partial charge is 0.398 e. The molecule has 0 radical (unpaired) electrons. The summed E-state index contributed by atoms with van der Waals surface area (Å²) in [6.45, 7) is 0. The van der Waals surface area contributed by atoms with E-state index in [1.54, 1.807) is 18.5 Å². The van der Waals surface area contributed by atoms with Gasteiger partial charge in [-0.05, 0) is 23.8 Å². The molecule has 1 aromatic carbocycles. The fraction of sp³-hybridized carbons (Fsp3) is 0.0833. The zero-order valence-corrected chi connectivity index (χ0v) is 10.2. The zero-order valence-electron chi connectivity index (χ0n) is 8.60. The van der Waals surface area contributed by atoms with Crippen LogP contribution in [0.25, 0.3) is 0 Å². The maximum absolute atomic E-state index is 6.13. The van der Waals surface area contributed by atoms with Gasteiger partial charge in [-0.3, -0.25) is 4.98 Å². The number of benzene rings is 1. The van der Waals surface area contributed by atoms with Crippen molar-refractivity contribution in [2.75, 3.05) is 5.73 Å². The highest BCUT2D eigenvalue weighted by Crippen LogP contribution is 2.24. The summed E-state index contributed by atoms with van der Waals surface area (Å²) in [4.78, 5) is 4.04. The molecule has 1 unspecified atom stereocenters. The smallest absolute Gasteiger partial charge is 0.0587 e. The van der Waals surface area contributed by atoms with Gasteiger partial charge in [0.25, 0.3) is 0 Å². The number of hydrogen-bond acceptors (Lipinski definition) is 3. The quantitative estimate of drug-likeness (QED) is 0.887. The number of anilines is 1. The molecular weight excluding hydrogens is 266 g/mol. The monoisotopic (exact) mass is 277 g/mol. The molecule has 2 aromatic rings. The summed E-state index contributed by atoms with van der Waals surface area (Å²) < 4.78 is 1.03. The zero-order chi connectivity index (χ0) is 11.5. The SMILES string of the molecule is Nc1ccncc1C(N)c1ccc(Br)cc1. The average Bonchev–Trinajstić information content (AvgIpc) is 2.30. The molecule has 0 saturated heterocycles. The van der Waals surface area contributed by atoms with Gasteiger partial charge < -0.3 is 11.5 Å². The summed E-state index contributed by atoms with van der Waals surface area (Å²) in [5.41, 5.74) is 14.5. The molecule has 0 aliphatic carbocycles. The Labute approximate surface area is 103 Å². The Hall–Kier alpha value is -1.39. The molecule has 3 nitrogen and oxygen atoms in total. The maximum Gasteiger partial charge on any atom is 0.0587 e. The topological polar surface area (TPSA) is 64.9 Å². The van der Waals surface area contributed by atoms with Crippen molar-refractivity contribution in [2.45, 2.75) is 6.04 Å². The standard InChI is InChI=1S/C12H12BrN3/c13-9-3-1-8(2-4-9)12(15)10-7-16-6-5-11(10)14/h1-7,12H,15H2,(H2,14,16). The molecule has 0 fully saturated rings. The van der Waals surface area contributed by atoms with E-state index in [0.717, 1.165) is 15.6 Å². The summed E-state index contributed by atoms with van der Waals surface area (Å²) >= 11 is 3.39. The Bertz CT molecular complexity index is 482. The molecule has 1 aromatic heterocycles. The first kappa shape index (κ1) is 11.1. The van der Waals surface area contributed by atoms with Crippen LogP contribution in [-0.4, -0.2) is 4.98 Å². The normalized spacial score (nSPS) is 12.4. The highest BCUT2D eigenvalue weighted by atomic mass is 79.9. The van der Waals surface area contributed by atoms with Crippen LogP contribution < -0.4 is 11.5 Å². The van der Waals surface area contributed by atoms with E-state index in [0.29, 0.717) is 5.69 Å². The van der Waals surface area contributed by atoms with E-state index >= 15 is 0 Å². The number of halogens is 1. The molecule has 4 heteroatoms. The third kappa shape index (κ3) is 2.23. The second kappa shape index (κ2) is 4.63. The predicted molar refractivity (Wildman–Crippen MR) is 68.8 cm³/mol. The number of nitrogens with two attached hydrogens (primary N) is 2. The minimum Gasteiger partial charge on any atom is -0.398 e. The summed E-state index contributed by atoms with van der Waals surface area (Å²) in [7, 11) is 0. The summed E-state index contributed by atoms with van der Waals surface area (Å²) in [5.74, 6) is 0. The molecule has 16 heavy (non-hydrogen) atoms. The van der Waals surface area contributed by atoms with Crippen molar-refractivity contribution in [3.8, 4) is 0 Å². The maximum atomic E-state index is 6.13. The fourth-order valence-corrected chi connectivity index (χ4v) is 1.79. The third-order valence-electron chi connectivity index (χ3n) is 2.45. The van der Waals surface area contributed by atoms with Gasteiger partial charge >= 0.3 is 0 Å². The lowest BCUT2D eigenvalue weighted by molar-refractivity contribution is 0.866. The van der Waals surface area contributed by atoms with Gasteiger partial charge in [-0.2, -0.15) is 0 Å². The second-order valence-corrected chi connectivity index (χ2v) is 4.45. The van der Waals surface area contributed by atoms with E-state index < -0.39 is 0 Å². The minimum absolute atomic E-state index is 0.234. The minimum atomic E-state index is -0.234. The molecule has 4 N–H and O–H groups in total. The van der Waals surface area contributed by atoms with Crippen LogP contribution >= 0.6 is 15.9 Å². The average molecular weight is 278 g/mol. The van der Waals surface area contributed by atoms with E-state index in [9.17, 15) is 0 Å². The van der Waals surface area contributed by atoms with Crippen molar-refractivity contribution in [3.05, 3.63) is 58.3 Å². The molecule has 0 amide bonds. The third-order valence-corrected chi connectivity index (χ3v) is 2.98. The van der Waals surface area contributed by atoms with Crippen molar-refractivity contribution in [1.29, 1.82) is 0 Å². The molecular formula is C12H12BrN3. The molecule has 1 atom stereocenters. The van der Waals surface area contributed by atoms with Crippen LogP contribution in [0.5, 0.6) is 0 Å². The number of nitrogen functional groups attached to an aromatic ring is 1. The Morgan fingerprint density at radius 1 is 1.12 bits per heavy atom. The van der Waals surface area contributed by atoms with Crippen LogP contribution in [0.4, 0.5) is 5.69 Å². The van der Waals surface area contributed by atoms with Gasteiger partial charge in [-0.25, -0.2) is 0 Å². The molecule has 0 spiro atoms. The Balaban J connectivity index is 2.35. The number of aromatic nitrogens is 1. The highest BCUT2D eigenvalue weighted by Gasteiger charge is 2.11. The molecule has 1 heterocycles. The molecule has 0 saturated carbocycles. The van der Waals surface area contributed by atoms with Gasteiger partial charge in [0, 0.05) is 28.1 Å². The Kier molecular flexibility index (Phi) is 3.22. The first-order valence-corrected chi connectivity index (χ1v) is 5.68. The van der Waals surface area contributed by atoms with Crippen LogP contribution in [-0.2, 0) is 0 Å². The molecule has 2 rings (SSSR count). The molecule has 0 aliphatic rings. The Morgan fingerprint density at radius 3 is 2.44 bits per heavy atom. The number of hydrogen-bond donors (Lipinski definition) is 2. The van der Waals surface area contributed by atoms with Gasteiger partial charge in [0.2, 0.25) is 0 Å². The number of pyridine rings is 1. The van der Waals surface area contributed by atoms with Crippen molar-refractivity contribution in [2.24, 2.45) is 5.73 Å². The van der Waals surface area contributed by atoms with Crippen LogP contribution in [0.3, 0.4) is 0 Å². The lowest BCUT2D eigenvalue weighted by atomic mass is 10.0. The van der Waals surface area contributed by atoms with Crippen molar-refractivity contribution in [1.82, 2.24) is 4.98 Å². The van der Waals surface area contributed by atoms with Gasteiger partial charge in [-0.15, -0.1) is 0 Å². The lowest BCUT2D eigenvalue weighted by Crippen LogP contribution is -2.14. The first-order chi connectivity index (χ1) is 7.68. The molecule has 82 valence electrons. The first-order valence-electron chi connectivity index (χ1n) is 4.89. The van der Waals surface area contributed by atoms with E-state index in [1.807, 2.05) is 24.3 Å². The van der Waals surface area contributed by atoms with Crippen molar-refractivity contribution < 1.29 is 0 Å². The van der Waals surface area contributed by atoms with E-state index in [2.05, 4.69) is 20.9 Å². The summed E-state index contributed by atoms with van der Waals surface area (Å²) in [5, 5.41) is 0. The van der Waals surface area contributed by atoms with E-state index in [4.69, 9.17) is 11.5 Å². The summed E-state index contributed by atoms with van der Waals surface area (Å²) in [6, 6.07) is 9.39. The van der Waals surface area contributed by atoms with Gasteiger partial charge in [0.15, 0.2) is 0 Å². The van der Waals surface area contributed by atoms with Crippen LogP contribution in [0.15, 0.2) is 47.2 Å². The fourth-order valence-electron chi connectivity index (χ4n) is 1.53. The van der Waals surface area contributed by atoms with Gasteiger partial charge in [-0.1, -0.05) is 28.1 Å². The number of rotatable bonds is 2. The van der Waals surface area contributed by atoms with Crippen molar-refractivity contribution in [3.63, 3.8) is 0 Å². The van der Waals surface area contributed by atoms with E-state index in [-0.39, 0.29) is 6.04 Å². The van der Waals surface area contributed by atoms with Crippen LogP contribution in [0, 0.1) is 0 Å². The number of nitrogens with zero attached hydrogens (tertiary/aromatic N) is 1. The van der Waals surface area contributed by atoms with Crippen LogP contribution in [0.2, 0.25) is 0 Å². The predicted octanol–water partition coefficient (Wildman–Crippen LogP) is 2.47. The second-order valence-electron chi connectivity index (χ2n) is 3.53. The van der Waals surface area contributed by atoms with Crippen molar-refractivity contribution >= 4 is 21.6 Å². The lowest BCUT2D eigenvalue weighted by Gasteiger charge is -2.14. The Morgan fingerprint density at radius 2 is 1.81 bits per heavy atom. The van der Waals surface area contributed by atoms with Gasteiger partial charge in [0.1, 0.15) is 0 Å².